The van der Waals surface area contributed by atoms with Gasteiger partial charge in [-0.3, -0.25) is 0 Å². The van der Waals surface area contributed by atoms with Gasteiger partial charge in [0.1, 0.15) is 11.5 Å². The van der Waals surface area contributed by atoms with Gasteiger partial charge in [-0.05, 0) is 59.5 Å². The largest absolute Gasteiger partial charge is 0.497 e. The molecule has 0 atom stereocenters. The summed E-state index contributed by atoms with van der Waals surface area (Å²) in [5.74, 6) is 1.71. The molecule has 0 aliphatic heterocycles. The highest BCUT2D eigenvalue weighted by Gasteiger charge is 2.06. The van der Waals surface area contributed by atoms with Crippen molar-refractivity contribution >= 4 is 0 Å². The van der Waals surface area contributed by atoms with Crippen molar-refractivity contribution in [2.75, 3.05) is 14.2 Å². The van der Waals surface area contributed by atoms with Crippen LogP contribution in [0.2, 0.25) is 0 Å². The molecule has 0 aliphatic rings. The van der Waals surface area contributed by atoms with Gasteiger partial charge in [-0.25, -0.2) is 0 Å². The van der Waals surface area contributed by atoms with Crippen LogP contribution in [0.4, 0.5) is 0 Å². The van der Waals surface area contributed by atoms with Crippen LogP contribution >= 0.6 is 0 Å². The molecule has 0 unspecified atom stereocenters. The average molecular weight is 304 g/mol. The van der Waals surface area contributed by atoms with Gasteiger partial charge >= 0.3 is 0 Å². The minimum absolute atomic E-state index is 0.855. The highest BCUT2D eigenvalue weighted by Crippen LogP contribution is 2.32. The first kappa shape index (κ1) is 15.2. The smallest absolute Gasteiger partial charge is 0.120 e. The van der Waals surface area contributed by atoms with Crippen molar-refractivity contribution in [3.63, 3.8) is 0 Å². The van der Waals surface area contributed by atoms with Gasteiger partial charge in [-0.2, -0.15) is 0 Å². The third kappa shape index (κ3) is 3.37. The van der Waals surface area contributed by atoms with E-state index in [9.17, 15) is 0 Å². The molecular weight excluding hydrogens is 284 g/mol. The van der Waals surface area contributed by atoms with Crippen LogP contribution in [0.15, 0.2) is 66.7 Å². The second-order valence-corrected chi connectivity index (χ2v) is 5.54. The normalized spacial score (nSPS) is 10.4. The van der Waals surface area contributed by atoms with Crippen molar-refractivity contribution in [1.29, 1.82) is 0 Å². The summed E-state index contributed by atoms with van der Waals surface area (Å²) in [7, 11) is 3.38. The molecule has 3 aromatic carbocycles. The van der Waals surface area contributed by atoms with Gasteiger partial charge in [0.05, 0.1) is 14.2 Å². The first-order valence-electron chi connectivity index (χ1n) is 7.60. The van der Waals surface area contributed by atoms with Crippen LogP contribution in [0.1, 0.15) is 5.56 Å². The molecule has 0 N–H and O–H groups in total. The van der Waals surface area contributed by atoms with E-state index in [1.807, 2.05) is 12.1 Å². The molecule has 0 aromatic heterocycles. The van der Waals surface area contributed by atoms with Crippen molar-refractivity contribution in [3.8, 4) is 33.8 Å². The molecular formula is C21H20O2. The lowest BCUT2D eigenvalue weighted by molar-refractivity contribution is 0.414. The molecule has 0 radical (unpaired) electrons. The summed E-state index contributed by atoms with van der Waals surface area (Å²) in [5.41, 5.74) is 5.85. The van der Waals surface area contributed by atoms with Crippen LogP contribution < -0.4 is 9.47 Å². The monoisotopic (exact) mass is 304 g/mol. The zero-order chi connectivity index (χ0) is 16.2. The SMILES string of the molecule is COc1ccc(-c2cc(OC)cc(-c3ccc(C)cc3)c2)cc1. The zero-order valence-electron chi connectivity index (χ0n) is 13.7. The summed E-state index contributed by atoms with van der Waals surface area (Å²) < 4.78 is 10.7. The minimum atomic E-state index is 0.855. The Morgan fingerprint density at radius 2 is 1.00 bits per heavy atom. The third-order valence-corrected chi connectivity index (χ3v) is 3.95. The van der Waals surface area contributed by atoms with Gasteiger partial charge in [0.15, 0.2) is 0 Å². The molecule has 0 bridgehead atoms. The zero-order valence-corrected chi connectivity index (χ0v) is 13.7. The molecule has 0 spiro atoms. The van der Waals surface area contributed by atoms with Crippen LogP contribution in [-0.2, 0) is 0 Å². The van der Waals surface area contributed by atoms with Crippen LogP contribution in [0, 0.1) is 6.92 Å². The van der Waals surface area contributed by atoms with Gasteiger partial charge < -0.3 is 9.47 Å². The Labute approximate surface area is 137 Å². The highest BCUT2D eigenvalue weighted by atomic mass is 16.5. The molecule has 0 heterocycles. The molecule has 2 heteroatoms. The van der Waals surface area contributed by atoms with E-state index < -0.39 is 0 Å². The number of benzene rings is 3. The summed E-state index contributed by atoms with van der Waals surface area (Å²) in [6, 6.07) is 22.9. The predicted octanol–water partition coefficient (Wildman–Crippen LogP) is 5.35. The summed E-state index contributed by atoms with van der Waals surface area (Å²) in [4.78, 5) is 0. The Hall–Kier alpha value is -2.74. The number of rotatable bonds is 4. The summed E-state index contributed by atoms with van der Waals surface area (Å²) >= 11 is 0. The fourth-order valence-electron chi connectivity index (χ4n) is 2.58. The summed E-state index contributed by atoms with van der Waals surface area (Å²) in [5, 5.41) is 0. The lowest BCUT2D eigenvalue weighted by Gasteiger charge is -2.10. The number of hydrogen-bond donors (Lipinski definition) is 0. The first-order valence-corrected chi connectivity index (χ1v) is 7.60. The van der Waals surface area contributed by atoms with Gasteiger partial charge in [-0.1, -0.05) is 42.0 Å². The molecule has 23 heavy (non-hydrogen) atoms. The standard InChI is InChI=1S/C21H20O2/c1-15-4-6-16(7-5-15)18-12-19(14-21(13-18)23-3)17-8-10-20(22-2)11-9-17/h4-14H,1-3H3. The maximum Gasteiger partial charge on any atom is 0.120 e. The van der Waals surface area contributed by atoms with Crippen LogP contribution in [0.3, 0.4) is 0 Å². The molecule has 0 saturated heterocycles. The molecule has 116 valence electrons. The van der Waals surface area contributed by atoms with Gasteiger partial charge in [0.25, 0.3) is 0 Å². The van der Waals surface area contributed by atoms with Gasteiger partial charge in [0, 0.05) is 0 Å². The molecule has 0 fully saturated rings. The molecule has 2 nitrogen and oxygen atoms in total. The van der Waals surface area contributed by atoms with E-state index in [-0.39, 0.29) is 0 Å². The Balaban J connectivity index is 2.06. The maximum atomic E-state index is 5.48. The Bertz CT molecular complexity index is 787. The summed E-state index contributed by atoms with van der Waals surface area (Å²) in [6.45, 7) is 2.10. The van der Waals surface area contributed by atoms with E-state index in [0.29, 0.717) is 0 Å². The average Bonchev–Trinajstić information content (AvgIpc) is 2.62. The van der Waals surface area contributed by atoms with Crippen molar-refractivity contribution in [2.24, 2.45) is 0 Å². The van der Waals surface area contributed by atoms with Gasteiger partial charge in [0.2, 0.25) is 0 Å². The number of ether oxygens (including phenoxy) is 2. The fourth-order valence-corrected chi connectivity index (χ4v) is 2.58. The van der Waals surface area contributed by atoms with Crippen molar-refractivity contribution < 1.29 is 9.47 Å². The predicted molar refractivity (Wildman–Crippen MR) is 95.2 cm³/mol. The molecule has 3 rings (SSSR count). The number of aryl methyl sites for hydroxylation is 1. The van der Waals surface area contributed by atoms with Gasteiger partial charge in [-0.15, -0.1) is 0 Å². The molecule has 0 amide bonds. The molecule has 0 saturated carbocycles. The Morgan fingerprint density at radius 1 is 0.522 bits per heavy atom. The van der Waals surface area contributed by atoms with Crippen LogP contribution in [-0.4, -0.2) is 14.2 Å². The second-order valence-electron chi connectivity index (χ2n) is 5.54. The van der Waals surface area contributed by atoms with Crippen molar-refractivity contribution in [3.05, 3.63) is 72.3 Å². The van der Waals surface area contributed by atoms with E-state index >= 15 is 0 Å². The quantitative estimate of drug-likeness (QED) is 0.647. The second kappa shape index (κ2) is 6.57. The molecule has 3 aromatic rings. The van der Waals surface area contributed by atoms with Crippen LogP contribution in [0.25, 0.3) is 22.3 Å². The van der Waals surface area contributed by atoms with E-state index in [0.717, 1.165) is 28.2 Å². The lowest BCUT2D eigenvalue weighted by atomic mass is 9.98. The van der Waals surface area contributed by atoms with E-state index in [1.165, 1.54) is 11.1 Å². The van der Waals surface area contributed by atoms with E-state index in [1.54, 1.807) is 14.2 Å². The van der Waals surface area contributed by atoms with Crippen molar-refractivity contribution in [1.82, 2.24) is 0 Å². The topological polar surface area (TPSA) is 18.5 Å². The minimum Gasteiger partial charge on any atom is -0.497 e. The Morgan fingerprint density at radius 3 is 1.48 bits per heavy atom. The number of methoxy groups -OCH3 is 2. The highest BCUT2D eigenvalue weighted by molar-refractivity contribution is 5.75. The van der Waals surface area contributed by atoms with E-state index in [4.69, 9.17) is 9.47 Å². The van der Waals surface area contributed by atoms with E-state index in [2.05, 4.69) is 61.5 Å². The molecule has 0 aliphatic carbocycles. The summed E-state index contributed by atoms with van der Waals surface area (Å²) in [6.07, 6.45) is 0. The third-order valence-electron chi connectivity index (χ3n) is 3.95. The Kier molecular flexibility index (Phi) is 4.33. The number of hydrogen-bond acceptors (Lipinski definition) is 2. The fraction of sp³-hybridized carbons (Fsp3) is 0.143. The maximum absolute atomic E-state index is 5.48. The first-order chi connectivity index (χ1) is 11.2. The van der Waals surface area contributed by atoms with Crippen molar-refractivity contribution in [2.45, 2.75) is 6.92 Å². The lowest BCUT2D eigenvalue weighted by Crippen LogP contribution is -1.88. The van der Waals surface area contributed by atoms with Crippen LogP contribution in [0.5, 0.6) is 11.5 Å².